The Hall–Kier alpha value is -2.86. The largest absolute Gasteiger partial charge is 0.369 e. The summed E-state index contributed by atoms with van der Waals surface area (Å²) in [5.41, 5.74) is 7.01. The van der Waals surface area contributed by atoms with Crippen molar-refractivity contribution in [3.05, 3.63) is 64.7 Å². The van der Waals surface area contributed by atoms with Crippen LogP contribution >= 0.6 is 11.6 Å². The minimum atomic E-state index is -0.790. The van der Waals surface area contributed by atoms with Crippen molar-refractivity contribution in [2.75, 3.05) is 5.32 Å². The van der Waals surface area contributed by atoms with Gasteiger partial charge in [0, 0.05) is 10.7 Å². The van der Waals surface area contributed by atoms with Gasteiger partial charge in [-0.1, -0.05) is 41.9 Å². The summed E-state index contributed by atoms with van der Waals surface area (Å²) in [6, 6.07) is 13.2. The molecule has 0 aromatic heterocycles. The molecule has 0 radical (unpaired) electrons. The van der Waals surface area contributed by atoms with Gasteiger partial charge in [0.1, 0.15) is 0 Å². The molecule has 0 saturated heterocycles. The smallest absolute Gasteiger partial charge is 0.313 e. The van der Waals surface area contributed by atoms with Crippen molar-refractivity contribution in [3.8, 4) is 0 Å². The zero-order valence-corrected chi connectivity index (χ0v) is 14.3. The van der Waals surface area contributed by atoms with Crippen molar-refractivity contribution >= 4 is 35.0 Å². The molecule has 0 bridgehead atoms. The molecule has 0 fully saturated rings. The maximum absolute atomic E-state index is 12.0. The highest BCUT2D eigenvalue weighted by molar-refractivity contribution is 6.39. The molecule has 6 nitrogen and oxygen atoms in total. The van der Waals surface area contributed by atoms with Crippen LogP contribution in [-0.4, -0.2) is 17.7 Å². The van der Waals surface area contributed by atoms with Gasteiger partial charge in [-0.2, -0.15) is 0 Å². The van der Waals surface area contributed by atoms with Crippen LogP contribution in [0.4, 0.5) is 5.69 Å². The van der Waals surface area contributed by atoms with Gasteiger partial charge < -0.3 is 16.4 Å². The SMILES string of the molecule is CC(NC(=O)C(=O)Nc1ccc(CC(N)=O)cc1)c1ccccc1Cl. The second kappa shape index (κ2) is 8.30. The third-order valence-corrected chi connectivity index (χ3v) is 3.86. The van der Waals surface area contributed by atoms with Gasteiger partial charge in [0.25, 0.3) is 0 Å². The average Bonchev–Trinajstić information content (AvgIpc) is 2.56. The molecule has 4 N–H and O–H groups in total. The number of rotatable bonds is 5. The standard InChI is InChI=1S/C18H18ClN3O3/c1-11(14-4-2-3-5-15(14)19)21-17(24)18(25)22-13-8-6-12(7-9-13)10-16(20)23/h2-9,11H,10H2,1H3,(H2,20,23)(H,21,24)(H,22,25). The van der Waals surface area contributed by atoms with E-state index in [9.17, 15) is 14.4 Å². The van der Waals surface area contributed by atoms with Crippen LogP contribution in [0.3, 0.4) is 0 Å². The Morgan fingerprint density at radius 3 is 2.28 bits per heavy atom. The highest BCUT2D eigenvalue weighted by Crippen LogP contribution is 2.22. The molecule has 130 valence electrons. The zero-order chi connectivity index (χ0) is 18.4. The Morgan fingerprint density at radius 2 is 1.68 bits per heavy atom. The van der Waals surface area contributed by atoms with Crippen molar-refractivity contribution in [3.63, 3.8) is 0 Å². The lowest BCUT2D eigenvalue weighted by molar-refractivity contribution is -0.136. The van der Waals surface area contributed by atoms with Gasteiger partial charge in [-0.25, -0.2) is 0 Å². The fraction of sp³-hybridized carbons (Fsp3) is 0.167. The molecule has 0 aliphatic rings. The van der Waals surface area contributed by atoms with E-state index in [1.807, 2.05) is 0 Å². The predicted molar refractivity (Wildman–Crippen MR) is 96.0 cm³/mol. The van der Waals surface area contributed by atoms with Gasteiger partial charge in [-0.05, 0) is 36.2 Å². The molecule has 2 aromatic rings. The number of nitrogens with two attached hydrogens (primary N) is 1. The lowest BCUT2D eigenvalue weighted by atomic mass is 10.1. The van der Waals surface area contributed by atoms with E-state index in [-0.39, 0.29) is 6.42 Å². The monoisotopic (exact) mass is 359 g/mol. The van der Waals surface area contributed by atoms with Gasteiger partial charge in [0.15, 0.2) is 0 Å². The summed E-state index contributed by atoms with van der Waals surface area (Å²) in [6.07, 6.45) is 0.115. The van der Waals surface area contributed by atoms with Crippen LogP contribution in [0.5, 0.6) is 0 Å². The summed E-state index contributed by atoms with van der Waals surface area (Å²) in [4.78, 5) is 34.9. The number of benzene rings is 2. The molecular formula is C18H18ClN3O3. The first-order chi connectivity index (χ1) is 11.9. The number of amides is 3. The van der Waals surface area contributed by atoms with Crippen LogP contribution in [0, 0.1) is 0 Å². The van der Waals surface area contributed by atoms with Crippen LogP contribution in [0.1, 0.15) is 24.1 Å². The Balaban J connectivity index is 1.95. The van der Waals surface area contributed by atoms with Gasteiger partial charge in [0.2, 0.25) is 5.91 Å². The summed E-state index contributed by atoms with van der Waals surface area (Å²) in [7, 11) is 0. The Kier molecular flexibility index (Phi) is 6.14. The first-order valence-corrected chi connectivity index (χ1v) is 7.98. The van der Waals surface area contributed by atoms with Crippen molar-refractivity contribution < 1.29 is 14.4 Å². The first-order valence-electron chi connectivity index (χ1n) is 7.60. The fourth-order valence-corrected chi connectivity index (χ4v) is 2.56. The van der Waals surface area contributed by atoms with Crippen molar-refractivity contribution in [2.24, 2.45) is 5.73 Å². The first kappa shape index (κ1) is 18.5. The molecule has 0 heterocycles. The number of hydrogen-bond acceptors (Lipinski definition) is 3. The lowest BCUT2D eigenvalue weighted by Crippen LogP contribution is -2.37. The van der Waals surface area contributed by atoms with Crippen molar-refractivity contribution in [1.29, 1.82) is 0 Å². The Bertz CT molecular complexity index is 790. The van der Waals surface area contributed by atoms with Crippen LogP contribution in [-0.2, 0) is 20.8 Å². The van der Waals surface area contributed by atoms with Crippen LogP contribution in [0.2, 0.25) is 5.02 Å². The van der Waals surface area contributed by atoms with E-state index in [1.165, 1.54) is 0 Å². The van der Waals surface area contributed by atoms with E-state index >= 15 is 0 Å². The molecule has 25 heavy (non-hydrogen) atoms. The Morgan fingerprint density at radius 1 is 1.04 bits per heavy atom. The van der Waals surface area contributed by atoms with Crippen LogP contribution in [0.15, 0.2) is 48.5 Å². The van der Waals surface area contributed by atoms with E-state index in [0.717, 1.165) is 11.1 Å². The molecule has 1 atom stereocenters. The van der Waals surface area contributed by atoms with E-state index in [2.05, 4.69) is 10.6 Å². The summed E-state index contributed by atoms with van der Waals surface area (Å²) in [6.45, 7) is 1.74. The fourth-order valence-electron chi connectivity index (χ4n) is 2.26. The maximum Gasteiger partial charge on any atom is 0.313 e. The van der Waals surface area contributed by atoms with Crippen LogP contribution in [0.25, 0.3) is 0 Å². The minimum absolute atomic E-state index is 0.115. The number of carbonyl (C=O) groups is 3. The normalized spacial score (nSPS) is 11.4. The van der Waals surface area contributed by atoms with Crippen molar-refractivity contribution in [1.82, 2.24) is 5.32 Å². The summed E-state index contributed by atoms with van der Waals surface area (Å²) >= 11 is 6.08. The molecule has 0 aliphatic heterocycles. The third-order valence-electron chi connectivity index (χ3n) is 3.52. The Labute approximate surface area is 150 Å². The van der Waals surface area contributed by atoms with Gasteiger partial charge in [-0.15, -0.1) is 0 Å². The number of halogens is 1. The van der Waals surface area contributed by atoms with E-state index in [1.54, 1.807) is 55.5 Å². The molecular weight excluding hydrogens is 342 g/mol. The molecule has 2 rings (SSSR count). The highest BCUT2D eigenvalue weighted by Gasteiger charge is 2.18. The summed E-state index contributed by atoms with van der Waals surface area (Å²) in [5, 5.41) is 5.61. The number of hydrogen-bond donors (Lipinski definition) is 3. The van der Waals surface area contributed by atoms with Gasteiger partial charge >= 0.3 is 11.8 Å². The van der Waals surface area contributed by atoms with Gasteiger partial charge in [0.05, 0.1) is 12.5 Å². The van der Waals surface area contributed by atoms with E-state index < -0.39 is 23.8 Å². The van der Waals surface area contributed by atoms with E-state index in [4.69, 9.17) is 17.3 Å². The van der Waals surface area contributed by atoms with Crippen LogP contribution < -0.4 is 16.4 Å². The highest BCUT2D eigenvalue weighted by atomic mass is 35.5. The summed E-state index contributed by atoms with van der Waals surface area (Å²) in [5.74, 6) is -2.00. The number of primary amides is 1. The molecule has 1 unspecified atom stereocenters. The molecule has 7 heteroatoms. The second-order valence-corrected chi connectivity index (χ2v) is 5.92. The van der Waals surface area contributed by atoms with Gasteiger partial charge in [-0.3, -0.25) is 14.4 Å². The number of anilines is 1. The van der Waals surface area contributed by atoms with E-state index in [0.29, 0.717) is 10.7 Å². The molecule has 2 aromatic carbocycles. The topological polar surface area (TPSA) is 101 Å². The number of nitrogens with one attached hydrogen (secondary N) is 2. The number of carbonyl (C=O) groups excluding carboxylic acids is 3. The quantitative estimate of drug-likeness (QED) is 0.713. The minimum Gasteiger partial charge on any atom is -0.369 e. The lowest BCUT2D eigenvalue weighted by Gasteiger charge is -2.15. The zero-order valence-electron chi connectivity index (χ0n) is 13.6. The second-order valence-electron chi connectivity index (χ2n) is 5.51. The molecule has 0 aliphatic carbocycles. The molecule has 3 amide bonds. The third kappa shape index (κ3) is 5.32. The van der Waals surface area contributed by atoms with Crippen molar-refractivity contribution in [2.45, 2.75) is 19.4 Å². The maximum atomic E-state index is 12.0. The predicted octanol–water partition coefficient (Wildman–Crippen LogP) is 2.18. The summed E-state index contributed by atoms with van der Waals surface area (Å²) < 4.78 is 0. The molecule has 0 spiro atoms. The average molecular weight is 360 g/mol. The molecule has 0 saturated carbocycles.